The fourth-order valence-corrected chi connectivity index (χ4v) is 2.70. The van der Waals surface area contributed by atoms with Crippen LogP contribution in [-0.4, -0.2) is 29.0 Å². The van der Waals surface area contributed by atoms with E-state index in [1.165, 1.54) is 0 Å². The van der Waals surface area contributed by atoms with Crippen molar-refractivity contribution in [1.82, 2.24) is 15.5 Å². The van der Waals surface area contributed by atoms with Gasteiger partial charge in [0.25, 0.3) is 0 Å². The number of methoxy groups -OCH3 is 1. The molecule has 0 aliphatic carbocycles. The molecule has 0 aliphatic heterocycles. The number of H-pyrrole nitrogens is 1. The molecule has 1 unspecified atom stereocenters. The van der Waals surface area contributed by atoms with Crippen LogP contribution in [0.4, 0.5) is 0 Å². The third kappa shape index (κ3) is 3.92. The Hall–Kier alpha value is -2.57. The van der Waals surface area contributed by atoms with E-state index in [9.17, 15) is 5.11 Å². The summed E-state index contributed by atoms with van der Waals surface area (Å²) in [6.45, 7) is 4.54. The SMILES string of the molecule is COc1ccc(-c2[nH]ncc2CNCC(C)(O)c2ccc(C)o2)cc1. The van der Waals surface area contributed by atoms with Gasteiger partial charge in [-0.3, -0.25) is 5.10 Å². The smallest absolute Gasteiger partial charge is 0.136 e. The lowest BCUT2D eigenvalue weighted by Gasteiger charge is -2.21. The molecule has 1 aromatic carbocycles. The second-order valence-electron chi connectivity index (χ2n) is 6.29. The van der Waals surface area contributed by atoms with Gasteiger partial charge in [-0.1, -0.05) is 0 Å². The zero-order valence-electron chi connectivity index (χ0n) is 14.7. The number of ether oxygens (including phenoxy) is 1. The topological polar surface area (TPSA) is 83.3 Å². The second-order valence-corrected chi connectivity index (χ2v) is 6.29. The van der Waals surface area contributed by atoms with Gasteiger partial charge >= 0.3 is 0 Å². The molecular weight excluding hydrogens is 318 g/mol. The summed E-state index contributed by atoms with van der Waals surface area (Å²) in [5.74, 6) is 2.15. The Labute approximate surface area is 146 Å². The zero-order valence-corrected chi connectivity index (χ0v) is 14.7. The van der Waals surface area contributed by atoms with Gasteiger partial charge in [-0.2, -0.15) is 5.10 Å². The van der Waals surface area contributed by atoms with E-state index in [1.807, 2.05) is 37.3 Å². The van der Waals surface area contributed by atoms with E-state index in [0.717, 1.165) is 28.3 Å². The molecule has 0 radical (unpaired) electrons. The van der Waals surface area contributed by atoms with E-state index in [1.54, 1.807) is 26.3 Å². The summed E-state index contributed by atoms with van der Waals surface area (Å²) in [4.78, 5) is 0. The summed E-state index contributed by atoms with van der Waals surface area (Å²) in [5.41, 5.74) is 1.93. The number of benzene rings is 1. The Bertz CT molecular complexity index is 819. The van der Waals surface area contributed by atoms with E-state index in [4.69, 9.17) is 9.15 Å². The lowest BCUT2D eigenvalue weighted by molar-refractivity contribution is 0.0333. The van der Waals surface area contributed by atoms with E-state index in [2.05, 4.69) is 15.5 Å². The lowest BCUT2D eigenvalue weighted by atomic mass is 10.0. The van der Waals surface area contributed by atoms with Crippen LogP contribution in [0.1, 0.15) is 24.0 Å². The summed E-state index contributed by atoms with van der Waals surface area (Å²) >= 11 is 0. The Morgan fingerprint density at radius 1 is 1.24 bits per heavy atom. The fraction of sp³-hybridized carbons (Fsp3) is 0.316. The Kier molecular flexibility index (Phi) is 4.92. The number of aromatic amines is 1. The molecule has 25 heavy (non-hydrogen) atoms. The van der Waals surface area contributed by atoms with Crippen molar-refractivity contribution in [2.24, 2.45) is 0 Å². The molecule has 6 nitrogen and oxygen atoms in total. The molecular formula is C19H23N3O3. The van der Waals surface area contributed by atoms with Gasteiger partial charge in [-0.25, -0.2) is 0 Å². The number of aliphatic hydroxyl groups is 1. The van der Waals surface area contributed by atoms with E-state index in [0.29, 0.717) is 18.8 Å². The van der Waals surface area contributed by atoms with Gasteiger partial charge in [0, 0.05) is 24.2 Å². The Morgan fingerprint density at radius 3 is 2.64 bits per heavy atom. The first-order valence-corrected chi connectivity index (χ1v) is 8.16. The monoisotopic (exact) mass is 341 g/mol. The summed E-state index contributed by atoms with van der Waals surface area (Å²) < 4.78 is 10.7. The lowest BCUT2D eigenvalue weighted by Crippen LogP contribution is -2.34. The Balaban J connectivity index is 1.65. The molecule has 6 heteroatoms. The summed E-state index contributed by atoms with van der Waals surface area (Å²) in [7, 11) is 1.65. The van der Waals surface area contributed by atoms with Gasteiger partial charge in [0.05, 0.1) is 19.0 Å². The van der Waals surface area contributed by atoms with Gasteiger partial charge in [-0.05, 0) is 50.2 Å². The summed E-state index contributed by atoms with van der Waals surface area (Å²) in [6, 6.07) is 11.4. The maximum Gasteiger partial charge on any atom is 0.136 e. The van der Waals surface area contributed by atoms with Gasteiger partial charge in [0.2, 0.25) is 0 Å². The highest BCUT2D eigenvalue weighted by molar-refractivity contribution is 5.63. The molecule has 2 heterocycles. The highest BCUT2D eigenvalue weighted by Crippen LogP contribution is 2.25. The fourth-order valence-electron chi connectivity index (χ4n) is 2.70. The van der Waals surface area contributed by atoms with Crippen LogP contribution in [0.15, 0.2) is 47.0 Å². The highest BCUT2D eigenvalue weighted by Gasteiger charge is 2.26. The number of hydrogen-bond donors (Lipinski definition) is 3. The molecule has 1 atom stereocenters. The molecule has 3 N–H and O–H groups in total. The van der Waals surface area contributed by atoms with Gasteiger partial charge in [-0.15, -0.1) is 0 Å². The van der Waals surface area contributed by atoms with Gasteiger partial charge < -0.3 is 19.6 Å². The van der Waals surface area contributed by atoms with Crippen molar-refractivity contribution in [2.45, 2.75) is 26.0 Å². The van der Waals surface area contributed by atoms with Crippen molar-refractivity contribution in [2.75, 3.05) is 13.7 Å². The number of rotatable bonds is 7. The van der Waals surface area contributed by atoms with E-state index in [-0.39, 0.29) is 0 Å². The predicted molar refractivity (Wildman–Crippen MR) is 95.3 cm³/mol. The third-order valence-corrected chi connectivity index (χ3v) is 4.15. The normalized spacial score (nSPS) is 13.6. The molecule has 0 spiro atoms. The first-order chi connectivity index (χ1) is 12.0. The molecule has 0 saturated carbocycles. The first-order valence-electron chi connectivity index (χ1n) is 8.16. The molecule has 2 aromatic heterocycles. The average molecular weight is 341 g/mol. The molecule has 3 rings (SSSR count). The largest absolute Gasteiger partial charge is 0.497 e. The number of furan rings is 1. The summed E-state index contributed by atoms with van der Waals surface area (Å²) in [5, 5.41) is 21.0. The van der Waals surface area contributed by atoms with Crippen molar-refractivity contribution >= 4 is 0 Å². The minimum Gasteiger partial charge on any atom is -0.497 e. The summed E-state index contributed by atoms with van der Waals surface area (Å²) in [6.07, 6.45) is 1.79. The number of nitrogens with zero attached hydrogens (tertiary/aromatic N) is 1. The maximum atomic E-state index is 10.6. The number of hydrogen-bond acceptors (Lipinski definition) is 5. The number of aromatic nitrogens is 2. The van der Waals surface area contributed by atoms with Crippen LogP contribution in [-0.2, 0) is 12.1 Å². The van der Waals surface area contributed by atoms with Crippen LogP contribution < -0.4 is 10.1 Å². The minimum atomic E-state index is -1.07. The van der Waals surface area contributed by atoms with Gasteiger partial charge in [0.15, 0.2) is 0 Å². The molecule has 0 bridgehead atoms. The zero-order chi connectivity index (χ0) is 17.9. The van der Waals surface area contributed by atoms with E-state index < -0.39 is 5.60 Å². The maximum absolute atomic E-state index is 10.6. The van der Waals surface area contributed by atoms with Crippen molar-refractivity contribution < 1.29 is 14.3 Å². The second kappa shape index (κ2) is 7.13. The quantitative estimate of drug-likeness (QED) is 0.615. The molecule has 132 valence electrons. The van der Waals surface area contributed by atoms with Gasteiger partial charge in [0.1, 0.15) is 22.9 Å². The standard InChI is InChI=1S/C19H23N3O3/c1-13-4-9-17(25-13)19(2,23)12-20-10-15-11-21-22-18(15)14-5-7-16(24-3)8-6-14/h4-9,11,20,23H,10,12H2,1-3H3,(H,21,22). The van der Waals surface area contributed by atoms with Crippen LogP contribution in [0.3, 0.4) is 0 Å². The molecule has 0 aliphatic rings. The van der Waals surface area contributed by atoms with Crippen LogP contribution in [0.25, 0.3) is 11.3 Å². The van der Waals surface area contributed by atoms with E-state index >= 15 is 0 Å². The van der Waals surface area contributed by atoms with Crippen molar-refractivity contribution in [3.63, 3.8) is 0 Å². The Morgan fingerprint density at radius 2 is 2.00 bits per heavy atom. The third-order valence-electron chi connectivity index (χ3n) is 4.15. The van der Waals surface area contributed by atoms with Crippen LogP contribution >= 0.6 is 0 Å². The van der Waals surface area contributed by atoms with Crippen LogP contribution in [0.2, 0.25) is 0 Å². The van der Waals surface area contributed by atoms with Crippen molar-refractivity contribution in [3.05, 3.63) is 59.7 Å². The minimum absolute atomic E-state index is 0.368. The van der Waals surface area contributed by atoms with Crippen LogP contribution in [0.5, 0.6) is 5.75 Å². The van der Waals surface area contributed by atoms with Crippen molar-refractivity contribution in [1.29, 1.82) is 0 Å². The van der Waals surface area contributed by atoms with Crippen LogP contribution in [0, 0.1) is 6.92 Å². The molecule has 0 saturated heterocycles. The first kappa shape index (κ1) is 17.3. The molecule has 0 fully saturated rings. The molecule has 3 aromatic rings. The molecule has 0 amide bonds. The highest BCUT2D eigenvalue weighted by atomic mass is 16.5. The average Bonchev–Trinajstić information content (AvgIpc) is 3.24. The van der Waals surface area contributed by atoms with Crippen molar-refractivity contribution in [3.8, 4) is 17.0 Å². The number of nitrogens with one attached hydrogen (secondary N) is 2. The number of aryl methyl sites for hydroxylation is 1. The predicted octanol–water partition coefficient (Wildman–Crippen LogP) is 2.98.